The molecule has 1 atom stereocenters. The Kier molecular flexibility index (Phi) is 6.36. The summed E-state index contributed by atoms with van der Waals surface area (Å²) in [6.07, 6.45) is 0. The molecule has 0 aliphatic carbocycles. The minimum atomic E-state index is -3.57. The van der Waals surface area contributed by atoms with Crippen LogP contribution in [0.5, 0.6) is 0 Å². The first-order valence-corrected chi connectivity index (χ1v) is 9.36. The summed E-state index contributed by atoms with van der Waals surface area (Å²) in [5, 5.41) is 0. The van der Waals surface area contributed by atoms with Crippen LogP contribution in [0.25, 0.3) is 0 Å². The zero-order chi connectivity index (χ0) is 17.8. The fraction of sp³-hybridized carbons (Fsp3) is 0.588. The summed E-state index contributed by atoms with van der Waals surface area (Å²) in [5.74, 6) is -1.58. The molecule has 1 rings (SSSR count). The van der Waals surface area contributed by atoms with Crippen LogP contribution in [0, 0.1) is 11.8 Å². The number of hydrogen-bond donors (Lipinski definition) is 1. The Balaban J connectivity index is 3.00. The number of ether oxygens (including phenoxy) is 1. The molecular weight excluding hydrogens is 314 g/mol. The average Bonchev–Trinajstić information content (AvgIpc) is 2.42. The fourth-order valence-corrected chi connectivity index (χ4v) is 3.81. The van der Waals surface area contributed by atoms with Crippen molar-refractivity contribution in [1.29, 1.82) is 0 Å². The van der Waals surface area contributed by atoms with Gasteiger partial charge in [-0.2, -0.15) is 0 Å². The van der Waals surface area contributed by atoms with Gasteiger partial charge >= 0.3 is 5.97 Å². The van der Waals surface area contributed by atoms with Crippen molar-refractivity contribution in [3.8, 4) is 0 Å². The predicted octanol–water partition coefficient (Wildman–Crippen LogP) is 2.53. The first-order chi connectivity index (χ1) is 10.5. The number of carbonyl (C=O) groups excluding carboxylic acids is 1. The molecule has 0 saturated carbocycles. The molecule has 5 nitrogen and oxygen atoms in total. The van der Waals surface area contributed by atoms with Gasteiger partial charge in [0, 0.05) is 6.54 Å². The Morgan fingerprint density at radius 2 is 1.70 bits per heavy atom. The maximum atomic E-state index is 12.6. The molecule has 0 fully saturated rings. The van der Waals surface area contributed by atoms with Crippen LogP contribution in [-0.4, -0.2) is 25.7 Å². The number of rotatable bonds is 6. The molecule has 0 amide bonds. The SMILES string of the molecule is CC(C)[C@@H](CS(=O)(=O)c1ccc(CN)cc1)C(=O)OC(C)(C)C. The van der Waals surface area contributed by atoms with Crippen LogP contribution in [0.3, 0.4) is 0 Å². The van der Waals surface area contributed by atoms with Crippen molar-refractivity contribution in [2.75, 3.05) is 5.75 Å². The van der Waals surface area contributed by atoms with Crippen molar-refractivity contribution >= 4 is 15.8 Å². The van der Waals surface area contributed by atoms with Crippen LogP contribution in [0.2, 0.25) is 0 Å². The molecule has 0 saturated heterocycles. The summed E-state index contributed by atoms with van der Waals surface area (Å²) in [5.41, 5.74) is 5.73. The highest BCUT2D eigenvalue weighted by molar-refractivity contribution is 7.91. The van der Waals surface area contributed by atoms with E-state index in [1.54, 1.807) is 32.9 Å². The minimum absolute atomic E-state index is 0.136. The van der Waals surface area contributed by atoms with Gasteiger partial charge in [0.05, 0.1) is 16.6 Å². The molecule has 1 aromatic rings. The van der Waals surface area contributed by atoms with Crippen molar-refractivity contribution in [2.24, 2.45) is 17.6 Å². The average molecular weight is 341 g/mol. The molecule has 0 radical (unpaired) electrons. The van der Waals surface area contributed by atoms with Crippen LogP contribution in [0.15, 0.2) is 29.2 Å². The van der Waals surface area contributed by atoms with Gasteiger partial charge < -0.3 is 10.5 Å². The van der Waals surface area contributed by atoms with E-state index in [1.165, 1.54) is 12.1 Å². The zero-order valence-electron chi connectivity index (χ0n) is 14.5. The van der Waals surface area contributed by atoms with Crippen LogP contribution in [0.4, 0.5) is 0 Å². The third-order valence-corrected chi connectivity index (χ3v) is 5.22. The third kappa shape index (κ3) is 5.95. The van der Waals surface area contributed by atoms with E-state index in [1.807, 2.05) is 13.8 Å². The maximum absolute atomic E-state index is 12.6. The van der Waals surface area contributed by atoms with Gasteiger partial charge in [-0.1, -0.05) is 26.0 Å². The Morgan fingerprint density at radius 1 is 1.17 bits per heavy atom. The van der Waals surface area contributed by atoms with Gasteiger partial charge in [-0.25, -0.2) is 8.42 Å². The first-order valence-electron chi connectivity index (χ1n) is 7.71. The van der Waals surface area contributed by atoms with Crippen molar-refractivity contribution in [2.45, 2.75) is 51.7 Å². The van der Waals surface area contributed by atoms with E-state index < -0.39 is 27.3 Å². The van der Waals surface area contributed by atoms with E-state index in [-0.39, 0.29) is 16.6 Å². The molecule has 1 aromatic carbocycles. The first kappa shape index (κ1) is 19.6. The highest BCUT2D eigenvalue weighted by Crippen LogP contribution is 2.23. The van der Waals surface area contributed by atoms with Gasteiger partial charge in [0.2, 0.25) is 0 Å². The zero-order valence-corrected chi connectivity index (χ0v) is 15.3. The summed E-state index contributed by atoms with van der Waals surface area (Å²) in [6, 6.07) is 6.43. The molecule has 0 spiro atoms. The molecule has 0 aliphatic rings. The quantitative estimate of drug-likeness (QED) is 0.804. The summed E-state index contributed by atoms with van der Waals surface area (Å²) in [7, 11) is -3.57. The second-order valence-electron chi connectivity index (χ2n) is 7.01. The standard InChI is InChI=1S/C17H27NO4S/c1-12(2)15(16(19)22-17(3,4)5)11-23(20,21)14-8-6-13(10-18)7-9-14/h6-9,12,15H,10-11,18H2,1-5H3/t15-/m1/s1. The number of carbonyl (C=O) groups is 1. The number of hydrogen-bond acceptors (Lipinski definition) is 5. The molecule has 0 unspecified atom stereocenters. The topological polar surface area (TPSA) is 86.5 Å². The van der Waals surface area contributed by atoms with E-state index in [2.05, 4.69) is 0 Å². The van der Waals surface area contributed by atoms with E-state index in [0.717, 1.165) is 5.56 Å². The predicted molar refractivity (Wildman–Crippen MR) is 90.6 cm³/mol. The summed E-state index contributed by atoms with van der Waals surface area (Å²) >= 11 is 0. The molecule has 0 heterocycles. The molecule has 2 N–H and O–H groups in total. The molecule has 0 bridgehead atoms. The van der Waals surface area contributed by atoms with Gasteiger partial charge in [-0.3, -0.25) is 4.79 Å². The highest BCUT2D eigenvalue weighted by atomic mass is 32.2. The van der Waals surface area contributed by atoms with Crippen molar-refractivity contribution in [3.63, 3.8) is 0 Å². The lowest BCUT2D eigenvalue weighted by molar-refractivity contribution is -0.160. The van der Waals surface area contributed by atoms with Gasteiger partial charge in [0.25, 0.3) is 0 Å². The lowest BCUT2D eigenvalue weighted by Gasteiger charge is -2.25. The van der Waals surface area contributed by atoms with Gasteiger partial charge in [-0.05, 0) is 44.4 Å². The number of benzene rings is 1. The van der Waals surface area contributed by atoms with Crippen LogP contribution < -0.4 is 5.73 Å². The summed E-state index contributed by atoms with van der Waals surface area (Å²) in [4.78, 5) is 12.5. The Bertz CT molecular complexity index is 628. The fourth-order valence-electron chi connectivity index (χ4n) is 2.08. The maximum Gasteiger partial charge on any atom is 0.310 e. The molecule has 23 heavy (non-hydrogen) atoms. The van der Waals surface area contributed by atoms with Crippen molar-refractivity contribution in [1.82, 2.24) is 0 Å². The third-order valence-electron chi connectivity index (χ3n) is 3.43. The minimum Gasteiger partial charge on any atom is -0.460 e. The van der Waals surface area contributed by atoms with Gasteiger partial charge in [-0.15, -0.1) is 0 Å². The lowest BCUT2D eigenvalue weighted by atomic mass is 9.98. The van der Waals surface area contributed by atoms with Crippen LogP contribution in [0.1, 0.15) is 40.2 Å². The van der Waals surface area contributed by atoms with Gasteiger partial charge in [0.15, 0.2) is 9.84 Å². The molecule has 130 valence electrons. The normalized spacial score (nSPS) is 13.9. The lowest BCUT2D eigenvalue weighted by Crippen LogP contribution is -2.35. The monoisotopic (exact) mass is 341 g/mol. The number of nitrogens with two attached hydrogens (primary N) is 1. The molecule has 6 heteroatoms. The molecular formula is C17H27NO4S. The number of esters is 1. The van der Waals surface area contributed by atoms with Gasteiger partial charge in [0.1, 0.15) is 5.60 Å². The second-order valence-corrected chi connectivity index (χ2v) is 9.05. The largest absolute Gasteiger partial charge is 0.460 e. The van der Waals surface area contributed by atoms with E-state index in [0.29, 0.717) is 6.54 Å². The van der Waals surface area contributed by atoms with Crippen molar-refractivity contribution in [3.05, 3.63) is 29.8 Å². The smallest absolute Gasteiger partial charge is 0.310 e. The Hall–Kier alpha value is -1.40. The molecule has 0 aromatic heterocycles. The number of sulfone groups is 1. The Labute approximate surface area is 139 Å². The summed E-state index contributed by atoms with van der Waals surface area (Å²) < 4.78 is 30.5. The molecule has 0 aliphatic heterocycles. The van der Waals surface area contributed by atoms with E-state index >= 15 is 0 Å². The van der Waals surface area contributed by atoms with Crippen LogP contribution >= 0.6 is 0 Å². The summed E-state index contributed by atoms with van der Waals surface area (Å²) in [6.45, 7) is 9.29. The van der Waals surface area contributed by atoms with E-state index in [4.69, 9.17) is 10.5 Å². The van der Waals surface area contributed by atoms with Crippen LogP contribution in [-0.2, 0) is 25.9 Å². The van der Waals surface area contributed by atoms with Crippen molar-refractivity contribution < 1.29 is 17.9 Å². The highest BCUT2D eigenvalue weighted by Gasteiger charge is 2.32. The van der Waals surface area contributed by atoms with E-state index in [9.17, 15) is 13.2 Å². The Morgan fingerprint density at radius 3 is 2.09 bits per heavy atom. The second kappa shape index (κ2) is 7.45.